The molecule has 0 bridgehead atoms. The van der Waals surface area contributed by atoms with Crippen molar-refractivity contribution in [3.05, 3.63) is 66.4 Å². The van der Waals surface area contributed by atoms with Crippen LogP contribution in [0.25, 0.3) is 28.0 Å². The van der Waals surface area contributed by atoms with Crippen LogP contribution in [0.1, 0.15) is 24.5 Å². The van der Waals surface area contributed by atoms with E-state index in [1.54, 1.807) is 12.1 Å². The number of H-pyrrole nitrogens is 1. The molecule has 1 N–H and O–H groups in total. The molecule has 4 nitrogen and oxygen atoms in total. The summed E-state index contributed by atoms with van der Waals surface area (Å²) in [5.41, 5.74) is 4.06. The van der Waals surface area contributed by atoms with Crippen LogP contribution in [-0.2, 0) is 0 Å². The van der Waals surface area contributed by atoms with Crippen LogP contribution >= 0.6 is 0 Å². The number of aromatic nitrogens is 4. The Morgan fingerprint density at radius 1 is 1.08 bits per heavy atom. The molecule has 0 saturated heterocycles. The molecular formula is C19H15FN4. The lowest BCUT2D eigenvalue weighted by Crippen LogP contribution is -1.96. The van der Waals surface area contributed by atoms with E-state index in [2.05, 4.69) is 27.0 Å². The van der Waals surface area contributed by atoms with Crippen molar-refractivity contribution < 1.29 is 4.39 Å². The normalized spacial score (nSPS) is 14.4. The SMILES string of the molecule is Fc1ccc(-c2nc(C3CC3)cn2-c2ccc3[nH]ncc3c2)cc1. The molecule has 24 heavy (non-hydrogen) atoms. The zero-order chi connectivity index (χ0) is 16.1. The van der Waals surface area contributed by atoms with Gasteiger partial charge in [-0.25, -0.2) is 9.37 Å². The van der Waals surface area contributed by atoms with E-state index in [-0.39, 0.29) is 5.82 Å². The molecule has 4 aromatic rings. The van der Waals surface area contributed by atoms with Gasteiger partial charge in [-0.1, -0.05) is 0 Å². The topological polar surface area (TPSA) is 46.5 Å². The number of rotatable bonds is 3. The highest BCUT2D eigenvalue weighted by atomic mass is 19.1. The summed E-state index contributed by atoms with van der Waals surface area (Å²) in [6.07, 6.45) is 6.31. The number of nitrogens with one attached hydrogen (secondary N) is 1. The molecule has 0 unspecified atom stereocenters. The van der Waals surface area contributed by atoms with Gasteiger partial charge in [-0.05, 0) is 55.3 Å². The average molecular weight is 318 g/mol. The summed E-state index contributed by atoms with van der Waals surface area (Å²) in [6.45, 7) is 0. The van der Waals surface area contributed by atoms with Gasteiger partial charge < -0.3 is 0 Å². The van der Waals surface area contributed by atoms with Crippen LogP contribution in [-0.4, -0.2) is 19.7 Å². The Bertz CT molecular complexity index is 1030. The van der Waals surface area contributed by atoms with Crippen LogP contribution in [0, 0.1) is 5.82 Å². The second-order valence-electron chi connectivity index (χ2n) is 6.28. The molecule has 0 atom stereocenters. The molecule has 2 aromatic heterocycles. The van der Waals surface area contributed by atoms with Gasteiger partial charge in [-0.15, -0.1) is 0 Å². The zero-order valence-electron chi connectivity index (χ0n) is 12.9. The summed E-state index contributed by atoms with van der Waals surface area (Å²) < 4.78 is 15.4. The fraction of sp³-hybridized carbons (Fsp3) is 0.158. The van der Waals surface area contributed by atoms with Gasteiger partial charge in [0.15, 0.2) is 0 Å². The Morgan fingerprint density at radius 2 is 1.92 bits per heavy atom. The van der Waals surface area contributed by atoms with Gasteiger partial charge in [0.05, 0.1) is 17.4 Å². The van der Waals surface area contributed by atoms with Crippen LogP contribution in [0.5, 0.6) is 0 Å². The predicted molar refractivity (Wildman–Crippen MR) is 90.6 cm³/mol. The summed E-state index contributed by atoms with van der Waals surface area (Å²) in [5, 5.41) is 8.10. The van der Waals surface area contributed by atoms with Crippen LogP contribution in [0.15, 0.2) is 54.9 Å². The summed E-state index contributed by atoms with van der Waals surface area (Å²) >= 11 is 0. The second kappa shape index (κ2) is 5.03. The number of nitrogens with zero attached hydrogens (tertiary/aromatic N) is 3. The summed E-state index contributed by atoms with van der Waals surface area (Å²) in [4.78, 5) is 4.83. The van der Waals surface area contributed by atoms with E-state index in [0.29, 0.717) is 5.92 Å². The number of hydrogen-bond acceptors (Lipinski definition) is 2. The third kappa shape index (κ3) is 2.21. The molecule has 0 spiro atoms. The smallest absolute Gasteiger partial charge is 0.144 e. The Morgan fingerprint density at radius 3 is 2.71 bits per heavy atom. The average Bonchev–Trinajstić information content (AvgIpc) is 3.19. The van der Waals surface area contributed by atoms with E-state index in [1.807, 2.05) is 18.3 Å². The summed E-state index contributed by atoms with van der Waals surface area (Å²) in [5.74, 6) is 1.17. The van der Waals surface area contributed by atoms with E-state index in [0.717, 1.165) is 33.7 Å². The molecule has 1 aliphatic carbocycles. The monoisotopic (exact) mass is 318 g/mol. The highest BCUT2D eigenvalue weighted by molar-refractivity contribution is 5.80. The van der Waals surface area contributed by atoms with E-state index in [1.165, 1.54) is 25.0 Å². The molecule has 5 heteroatoms. The lowest BCUT2D eigenvalue weighted by molar-refractivity contribution is 0.628. The molecular weight excluding hydrogens is 303 g/mol. The quantitative estimate of drug-likeness (QED) is 0.607. The van der Waals surface area contributed by atoms with Crippen molar-refractivity contribution in [2.24, 2.45) is 0 Å². The van der Waals surface area contributed by atoms with Crippen LogP contribution in [0.4, 0.5) is 4.39 Å². The molecule has 1 fully saturated rings. The maximum Gasteiger partial charge on any atom is 0.144 e. The van der Waals surface area contributed by atoms with Crippen molar-refractivity contribution in [1.29, 1.82) is 0 Å². The van der Waals surface area contributed by atoms with Crippen molar-refractivity contribution in [2.45, 2.75) is 18.8 Å². The largest absolute Gasteiger partial charge is 0.299 e. The second-order valence-corrected chi connectivity index (χ2v) is 6.28. The van der Waals surface area contributed by atoms with Crippen molar-refractivity contribution in [3.8, 4) is 17.1 Å². The molecule has 1 aliphatic rings. The van der Waals surface area contributed by atoms with Gasteiger partial charge in [-0.2, -0.15) is 5.10 Å². The van der Waals surface area contributed by atoms with Gasteiger partial charge in [0.2, 0.25) is 0 Å². The first-order chi connectivity index (χ1) is 11.8. The molecule has 0 amide bonds. The standard InChI is InChI=1S/C19H15FN4/c20-15-5-3-13(4-6-15)19-22-18(12-1-2-12)11-24(19)16-7-8-17-14(9-16)10-21-23-17/h3-12H,1-2H2,(H,21,23). The van der Waals surface area contributed by atoms with Crippen molar-refractivity contribution in [1.82, 2.24) is 19.7 Å². The van der Waals surface area contributed by atoms with Crippen molar-refractivity contribution in [2.75, 3.05) is 0 Å². The lowest BCUT2D eigenvalue weighted by Gasteiger charge is -2.08. The number of hydrogen-bond donors (Lipinski definition) is 1. The van der Waals surface area contributed by atoms with Crippen molar-refractivity contribution in [3.63, 3.8) is 0 Å². The minimum Gasteiger partial charge on any atom is -0.299 e. The Hall–Kier alpha value is -2.95. The van der Waals surface area contributed by atoms with Gasteiger partial charge in [-0.3, -0.25) is 9.67 Å². The van der Waals surface area contributed by atoms with Gasteiger partial charge in [0, 0.05) is 28.8 Å². The first-order valence-corrected chi connectivity index (χ1v) is 8.07. The minimum atomic E-state index is -0.237. The third-order valence-corrected chi connectivity index (χ3v) is 4.52. The number of aromatic amines is 1. The van der Waals surface area contributed by atoms with Gasteiger partial charge in [0.1, 0.15) is 11.6 Å². The van der Waals surface area contributed by atoms with E-state index < -0.39 is 0 Å². The fourth-order valence-corrected chi connectivity index (χ4v) is 3.05. The summed E-state index contributed by atoms with van der Waals surface area (Å²) in [7, 11) is 0. The van der Waals surface area contributed by atoms with Gasteiger partial charge >= 0.3 is 0 Å². The minimum absolute atomic E-state index is 0.237. The predicted octanol–water partition coefficient (Wildman–Crippen LogP) is 4.43. The molecule has 2 aromatic carbocycles. The molecule has 0 radical (unpaired) electrons. The van der Waals surface area contributed by atoms with Gasteiger partial charge in [0.25, 0.3) is 0 Å². The first-order valence-electron chi connectivity index (χ1n) is 8.07. The highest BCUT2D eigenvalue weighted by Crippen LogP contribution is 2.41. The van der Waals surface area contributed by atoms with Crippen LogP contribution in [0.3, 0.4) is 0 Å². The molecule has 2 heterocycles. The number of halogens is 1. The zero-order valence-corrected chi connectivity index (χ0v) is 12.9. The van der Waals surface area contributed by atoms with Crippen molar-refractivity contribution >= 4 is 10.9 Å². The molecule has 5 rings (SSSR count). The van der Waals surface area contributed by atoms with E-state index in [9.17, 15) is 4.39 Å². The molecule has 1 saturated carbocycles. The Labute approximate surface area is 138 Å². The highest BCUT2D eigenvalue weighted by Gasteiger charge is 2.27. The summed E-state index contributed by atoms with van der Waals surface area (Å²) in [6, 6.07) is 12.7. The van der Waals surface area contributed by atoms with E-state index >= 15 is 0 Å². The molecule has 0 aliphatic heterocycles. The number of fused-ring (bicyclic) bond motifs is 1. The third-order valence-electron chi connectivity index (χ3n) is 4.52. The maximum absolute atomic E-state index is 13.3. The molecule has 118 valence electrons. The lowest BCUT2D eigenvalue weighted by atomic mass is 10.2. The van der Waals surface area contributed by atoms with Crippen LogP contribution < -0.4 is 0 Å². The fourth-order valence-electron chi connectivity index (χ4n) is 3.05. The van der Waals surface area contributed by atoms with Crippen LogP contribution in [0.2, 0.25) is 0 Å². The number of benzene rings is 2. The van der Waals surface area contributed by atoms with E-state index in [4.69, 9.17) is 4.98 Å². The Kier molecular flexibility index (Phi) is 2.82. The Balaban J connectivity index is 1.69. The maximum atomic E-state index is 13.3. The first kappa shape index (κ1) is 13.5. The number of imidazole rings is 1.